The fourth-order valence-electron chi connectivity index (χ4n) is 6.78. The lowest BCUT2D eigenvalue weighted by molar-refractivity contribution is -0.385. The van der Waals surface area contributed by atoms with Crippen LogP contribution in [0.4, 0.5) is 17.1 Å². The average molecular weight is 634 g/mol. The number of benzene rings is 4. The van der Waals surface area contributed by atoms with Gasteiger partial charge in [0.05, 0.1) is 12.0 Å². The topological polar surface area (TPSA) is 130 Å². The Balaban J connectivity index is 0.000000168. The third kappa shape index (κ3) is 5.60. The number of nitro groups is 1. The standard InChI is InChI=1S/C19H18N2O5.C18H17NO2/c1-11-8-14(16(21(24)25)9-12(11)2)18(22)20-15-7-5-4-6-13(15)10-17(20)19(23)26-3;1-11-8-15-12(10-17(11)20)6-7-14-9-13-4-2-3-5-16(13)19(14)18(15)21/h4-9,17H,10H2,1-3H3;2-5,8,10,14,20H,6-7,9H2,1H3/t17-;14-/m01/s1. The van der Waals surface area contributed by atoms with Crippen molar-refractivity contribution in [3.63, 3.8) is 0 Å². The Hall–Kier alpha value is -5.51. The summed E-state index contributed by atoms with van der Waals surface area (Å²) >= 11 is 0. The molecule has 4 aromatic carbocycles. The molecule has 0 unspecified atom stereocenters. The monoisotopic (exact) mass is 633 g/mol. The average Bonchev–Trinajstić information content (AvgIpc) is 3.60. The Morgan fingerprint density at radius 1 is 0.872 bits per heavy atom. The fraction of sp³-hybridized carbons (Fsp3) is 0.270. The number of ether oxygens (including phenoxy) is 1. The minimum Gasteiger partial charge on any atom is -0.508 e. The van der Waals surface area contributed by atoms with Crippen LogP contribution in [0.1, 0.15) is 60.5 Å². The van der Waals surface area contributed by atoms with Gasteiger partial charge >= 0.3 is 5.97 Å². The highest BCUT2D eigenvalue weighted by atomic mass is 16.6. The van der Waals surface area contributed by atoms with Crippen LogP contribution in [0.25, 0.3) is 0 Å². The maximum absolute atomic E-state index is 13.2. The summed E-state index contributed by atoms with van der Waals surface area (Å²) in [7, 11) is 1.26. The van der Waals surface area contributed by atoms with Crippen LogP contribution in [0.3, 0.4) is 0 Å². The van der Waals surface area contributed by atoms with Crippen LogP contribution < -0.4 is 9.80 Å². The number of carbonyl (C=O) groups excluding carboxylic acids is 3. The molecule has 0 bridgehead atoms. The second-order valence-corrected chi connectivity index (χ2v) is 12.3. The highest BCUT2D eigenvalue weighted by Gasteiger charge is 2.41. The van der Waals surface area contributed by atoms with E-state index in [-0.39, 0.29) is 28.9 Å². The SMILES string of the molecule is COC(=O)[C@@H]1Cc2ccccc2N1C(=O)c1cc(C)c(C)cc1[N+](=O)[O-].Cc1cc2c(cc1O)CC[C@@H]1Cc3ccccc3N1C2=O. The number of aromatic hydroxyl groups is 1. The number of nitro benzene ring substituents is 1. The minimum absolute atomic E-state index is 0.0382. The number of hydrogen-bond acceptors (Lipinski definition) is 7. The summed E-state index contributed by atoms with van der Waals surface area (Å²) in [5.74, 6) is -0.786. The molecule has 3 aliphatic rings. The third-order valence-corrected chi connectivity index (χ3v) is 9.40. The number of amides is 2. The van der Waals surface area contributed by atoms with Gasteiger partial charge in [-0.15, -0.1) is 0 Å². The first-order valence-electron chi connectivity index (χ1n) is 15.5. The first-order chi connectivity index (χ1) is 22.5. The highest BCUT2D eigenvalue weighted by Crippen LogP contribution is 2.39. The molecule has 47 heavy (non-hydrogen) atoms. The number of para-hydroxylation sites is 2. The number of rotatable bonds is 3. The molecule has 240 valence electrons. The number of carbonyl (C=O) groups is 3. The molecule has 0 spiro atoms. The molecule has 3 heterocycles. The Labute approximate surface area is 272 Å². The van der Waals surface area contributed by atoms with Crippen molar-refractivity contribution in [3.8, 4) is 5.75 Å². The van der Waals surface area contributed by atoms with E-state index in [1.54, 1.807) is 32.0 Å². The third-order valence-electron chi connectivity index (χ3n) is 9.40. The maximum Gasteiger partial charge on any atom is 0.329 e. The normalized spacial score (nSPS) is 17.4. The Morgan fingerprint density at radius 3 is 2.19 bits per heavy atom. The number of hydrogen-bond donors (Lipinski definition) is 1. The van der Waals surface area contributed by atoms with Crippen LogP contribution in [0.2, 0.25) is 0 Å². The molecule has 0 saturated heterocycles. The predicted molar refractivity (Wildman–Crippen MR) is 177 cm³/mol. The number of esters is 1. The molecule has 2 amide bonds. The van der Waals surface area contributed by atoms with Gasteiger partial charge in [-0.2, -0.15) is 0 Å². The van der Waals surface area contributed by atoms with E-state index in [2.05, 4.69) is 6.07 Å². The molecule has 0 saturated carbocycles. The molecular weight excluding hydrogens is 598 g/mol. The minimum atomic E-state index is -0.842. The smallest absolute Gasteiger partial charge is 0.329 e. The van der Waals surface area contributed by atoms with Crippen molar-refractivity contribution in [3.05, 3.63) is 127 Å². The number of nitrogens with zero attached hydrogens (tertiary/aromatic N) is 3. The molecule has 0 fully saturated rings. The van der Waals surface area contributed by atoms with E-state index in [1.807, 2.05) is 48.2 Å². The van der Waals surface area contributed by atoms with Gasteiger partial charge in [0.25, 0.3) is 17.5 Å². The summed E-state index contributed by atoms with van der Waals surface area (Å²) in [6, 6.07) is 21.2. The number of aryl methyl sites for hydroxylation is 4. The van der Waals surface area contributed by atoms with Gasteiger partial charge in [-0.1, -0.05) is 36.4 Å². The van der Waals surface area contributed by atoms with Gasteiger partial charge in [-0.3, -0.25) is 24.6 Å². The van der Waals surface area contributed by atoms with E-state index in [1.165, 1.54) is 29.7 Å². The van der Waals surface area contributed by atoms with E-state index in [0.717, 1.165) is 58.3 Å². The quantitative estimate of drug-likeness (QED) is 0.162. The summed E-state index contributed by atoms with van der Waals surface area (Å²) < 4.78 is 4.84. The van der Waals surface area contributed by atoms with Crippen LogP contribution in [0.15, 0.2) is 72.8 Å². The molecule has 3 aliphatic heterocycles. The van der Waals surface area contributed by atoms with Crippen molar-refractivity contribution in [2.45, 2.75) is 58.5 Å². The van der Waals surface area contributed by atoms with Gasteiger partial charge in [0.1, 0.15) is 17.4 Å². The number of phenolic OH excluding ortho intramolecular Hbond substituents is 1. The van der Waals surface area contributed by atoms with E-state index >= 15 is 0 Å². The summed E-state index contributed by atoms with van der Waals surface area (Å²) in [6.45, 7) is 5.37. The molecule has 0 radical (unpaired) electrons. The van der Waals surface area contributed by atoms with Crippen LogP contribution in [-0.4, -0.2) is 47.0 Å². The number of anilines is 2. The van der Waals surface area contributed by atoms with Crippen molar-refractivity contribution >= 4 is 34.8 Å². The van der Waals surface area contributed by atoms with Crippen molar-refractivity contribution in [2.75, 3.05) is 16.9 Å². The van der Waals surface area contributed by atoms with Crippen LogP contribution >= 0.6 is 0 Å². The zero-order valence-electron chi connectivity index (χ0n) is 26.6. The van der Waals surface area contributed by atoms with Crippen LogP contribution in [-0.2, 0) is 28.8 Å². The van der Waals surface area contributed by atoms with E-state index < -0.39 is 22.8 Å². The largest absolute Gasteiger partial charge is 0.508 e. The Morgan fingerprint density at radius 2 is 1.51 bits per heavy atom. The van der Waals surface area contributed by atoms with Gasteiger partial charge in [0.15, 0.2) is 0 Å². The van der Waals surface area contributed by atoms with Crippen LogP contribution in [0, 0.1) is 30.9 Å². The van der Waals surface area contributed by atoms with Gasteiger partial charge in [-0.05, 0) is 104 Å². The molecule has 1 N–H and O–H groups in total. The van der Waals surface area contributed by atoms with Crippen molar-refractivity contribution in [1.82, 2.24) is 0 Å². The molecule has 10 nitrogen and oxygen atoms in total. The van der Waals surface area contributed by atoms with Gasteiger partial charge in [-0.25, -0.2) is 4.79 Å². The first-order valence-corrected chi connectivity index (χ1v) is 15.5. The number of methoxy groups -OCH3 is 1. The van der Waals surface area contributed by atoms with Crippen molar-refractivity contribution < 1.29 is 29.2 Å². The Bertz CT molecular complexity index is 1950. The highest BCUT2D eigenvalue weighted by molar-refractivity contribution is 6.13. The lowest BCUT2D eigenvalue weighted by atomic mass is 9.98. The first kappa shape index (κ1) is 31.5. The number of fused-ring (bicyclic) bond motifs is 5. The maximum atomic E-state index is 13.2. The van der Waals surface area contributed by atoms with Gasteiger partial charge in [0, 0.05) is 35.5 Å². The summed E-state index contributed by atoms with van der Waals surface area (Å²) in [5.41, 5.74) is 7.34. The van der Waals surface area contributed by atoms with E-state index in [9.17, 15) is 29.6 Å². The Kier molecular flexibility index (Phi) is 8.27. The predicted octanol–water partition coefficient (Wildman–Crippen LogP) is 6.17. The molecular formula is C37H35N3O7. The van der Waals surface area contributed by atoms with Crippen molar-refractivity contribution in [2.24, 2.45) is 0 Å². The van der Waals surface area contributed by atoms with Gasteiger partial charge < -0.3 is 14.7 Å². The molecule has 0 aromatic heterocycles. The summed E-state index contributed by atoms with van der Waals surface area (Å²) in [4.78, 5) is 52.6. The van der Waals surface area contributed by atoms with Gasteiger partial charge in [0.2, 0.25) is 0 Å². The molecule has 7 rings (SSSR count). The second kappa shape index (κ2) is 12.4. The molecule has 4 aromatic rings. The molecule has 10 heteroatoms. The lowest BCUT2D eigenvalue weighted by Gasteiger charge is -2.24. The summed E-state index contributed by atoms with van der Waals surface area (Å²) in [5, 5.41) is 21.4. The van der Waals surface area contributed by atoms with E-state index in [0.29, 0.717) is 12.1 Å². The van der Waals surface area contributed by atoms with Crippen LogP contribution in [0.5, 0.6) is 5.75 Å². The van der Waals surface area contributed by atoms with E-state index in [4.69, 9.17) is 4.74 Å². The fourth-order valence-corrected chi connectivity index (χ4v) is 6.78. The number of phenols is 1. The zero-order chi connectivity index (χ0) is 33.6. The second-order valence-electron chi connectivity index (χ2n) is 12.3. The lowest BCUT2D eigenvalue weighted by Crippen LogP contribution is -2.43. The summed E-state index contributed by atoms with van der Waals surface area (Å²) in [6.07, 6.45) is 3.02. The molecule has 0 aliphatic carbocycles. The molecule has 2 atom stereocenters. The zero-order valence-corrected chi connectivity index (χ0v) is 26.6. The van der Waals surface area contributed by atoms with Crippen molar-refractivity contribution in [1.29, 1.82) is 0 Å².